The summed E-state index contributed by atoms with van der Waals surface area (Å²) in [6.45, 7) is 11.7. The van der Waals surface area contributed by atoms with E-state index in [1.165, 1.54) is 11.8 Å². The number of carbonyl (C=O) groups is 1. The van der Waals surface area contributed by atoms with Gasteiger partial charge in [-0.05, 0) is 61.9 Å². The third-order valence-corrected chi connectivity index (χ3v) is 8.28. The Balaban J connectivity index is 1.56. The molecule has 9 heteroatoms. The van der Waals surface area contributed by atoms with Gasteiger partial charge in [0.15, 0.2) is 0 Å². The number of rotatable bonds is 7. The molecule has 4 heterocycles. The van der Waals surface area contributed by atoms with Gasteiger partial charge < -0.3 is 24.8 Å². The zero-order valence-electron chi connectivity index (χ0n) is 25.4. The second kappa shape index (κ2) is 11.4. The summed E-state index contributed by atoms with van der Waals surface area (Å²) in [4.78, 5) is 25.5. The Bertz CT molecular complexity index is 1830. The van der Waals surface area contributed by atoms with Gasteiger partial charge in [-0.2, -0.15) is 5.10 Å². The highest BCUT2D eigenvalue weighted by molar-refractivity contribution is 6.09. The van der Waals surface area contributed by atoms with Crippen molar-refractivity contribution in [1.82, 2.24) is 24.6 Å². The smallest absolute Gasteiger partial charge is 0.247 e. The lowest BCUT2D eigenvalue weighted by atomic mass is 9.95. The van der Waals surface area contributed by atoms with Crippen LogP contribution in [0.25, 0.3) is 44.5 Å². The van der Waals surface area contributed by atoms with Crippen LogP contribution in [-0.2, 0) is 11.8 Å². The monoisotopic (exact) mass is 575 g/mol. The van der Waals surface area contributed by atoms with Crippen LogP contribution in [0.15, 0.2) is 67.5 Å². The van der Waals surface area contributed by atoms with E-state index in [2.05, 4.69) is 69.2 Å². The topological polar surface area (TPSA) is 91.3 Å². The number of amides is 1. The number of aromatic nitrogens is 4. The molecule has 9 nitrogen and oxygen atoms in total. The number of likely N-dealkylation sites (N-methyl/N-ethyl adjacent to an activating group) is 1. The Morgan fingerprint density at radius 1 is 1.02 bits per heavy atom. The molecule has 0 radical (unpaired) electrons. The number of hydrogen-bond acceptors (Lipinski definition) is 6. The van der Waals surface area contributed by atoms with Gasteiger partial charge in [0, 0.05) is 73.7 Å². The van der Waals surface area contributed by atoms with Gasteiger partial charge in [-0.15, -0.1) is 0 Å². The summed E-state index contributed by atoms with van der Waals surface area (Å²) in [5, 5.41) is 8.38. The Kier molecular flexibility index (Phi) is 7.50. The molecule has 0 aliphatic carbocycles. The predicted octanol–water partition coefficient (Wildman–Crippen LogP) is 5.80. The van der Waals surface area contributed by atoms with Crippen molar-refractivity contribution < 1.29 is 9.53 Å². The summed E-state index contributed by atoms with van der Waals surface area (Å²) < 4.78 is 7.94. The number of anilines is 2. The number of aromatic amines is 1. The highest BCUT2D eigenvalue weighted by Gasteiger charge is 2.24. The zero-order valence-corrected chi connectivity index (χ0v) is 25.4. The number of carbonyl (C=O) groups excluding carboxylic acids is 1. The van der Waals surface area contributed by atoms with Gasteiger partial charge in [0.1, 0.15) is 11.4 Å². The van der Waals surface area contributed by atoms with Crippen molar-refractivity contribution in [1.29, 1.82) is 0 Å². The van der Waals surface area contributed by atoms with Crippen LogP contribution >= 0.6 is 0 Å². The molecule has 0 unspecified atom stereocenters. The second-order valence-corrected chi connectivity index (χ2v) is 11.2. The lowest BCUT2D eigenvalue weighted by Gasteiger charge is -2.34. The standard InChI is InChI=1S/C34H37N7O2/c1-7-29(42)36-28-18-24(9-8-21(28)2)30-31-33(43-6)26(27-20-40(5)38-22(27)3)19-35-34(31)37-32(30)23-10-12-25(13-11-23)41-16-14-39(4)15-17-41/h7-13,18-20H,1,14-17H2,2-6H3,(H,35,37)(H,36,42). The molecule has 2 aromatic carbocycles. The predicted molar refractivity (Wildman–Crippen MR) is 174 cm³/mol. The van der Waals surface area contributed by atoms with Gasteiger partial charge in [-0.25, -0.2) is 4.98 Å². The summed E-state index contributed by atoms with van der Waals surface area (Å²) in [6, 6.07) is 14.8. The Morgan fingerprint density at radius 2 is 1.74 bits per heavy atom. The summed E-state index contributed by atoms with van der Waals surface area (Å²) in [5.74, 6) is 0.456. The van der Waals surface area contributed by atoms with Gasteiger partial charge in [0.2, 0.25) is 5.91 Å². The van der Waals surface area contributed by atoms with Crippen LogP contribution in [0.5, 0.6) is 5.75 Å². The minimum absolute atomic E-state index is 0.257. The molecular formula is C34H37N7O2. The average molecular weight is 576 g/mol. The molecule has 1 amide bonds. The molecule has 5 aromatic rings. The molecular weight excluding hydrogens is 538 g/mol. The molecule has 0 spiro atoms. The van der Waals surface area contributed by atoms with E-state index in [1.54, 1.807) is 11.8 Å². The molecule has 6 rings (SSSR count). The molecule has 3 aromatic heterocycles. The van der Waals surface area contributed by atoms with Gasteiger partial charge in [-0.3, -0.25) is 9.48 Å². The molecule has 0 bridgehead atoms. The third kappa shape index (κ3) is 5.28. The largest absolute Gasteiger partial charge is 0.495 e. The maximum atomic E-state index is 12.3. The molecule has 2 N–H and O–H groups in total. The number of hydrogen-bond donors (Lipinski definition) is 2. The molecule has 1 saturated heterocycles. The fourth-order valence-electron chi connectivity index (χ4n) is 5.90. The fourth-order valence-corrected chi connectivity index (χ4v) is 5.90. The van der Waals surface area contributed by atoms with Crippen molar-refractivity contribution in [2.45, 2.75) is 13.8 Å². The second-order valence-electron chi connectivity index (χ2n) is 11.2. The van der Waals surface area contributed by atoms with E-state index in [0.717, 1.165) is 82.0 Å². The van der Waals surface area contributed by atoms with E-state index in [4.69, 9.17) is 9.72 Å². The SMILES string of the molecule is C=CC(=O)Nc1cc(-c2c(-c3ccc(N4CCN(C)CC4)cc3)[nH]c3ncc(-c4cn(C)nc4C)c(OC)c23)ccc1C. The van der Waals surface area contributed by atoms with Crippen molar-refractivity contribution in [3.05, 3.63) is 78.8 Å². The van der Waals surface area contributed by atoms with E-state index in [0.29, 0.717) is 11.4 Å². The number of nitrogens with one attached hydrogen (secondary N) is 2. The third-order valence-electron chi connectivity index (χ3n) is 8.28. The van der Waals surface area contributed by atoms with Crippen molar-refractivity contribution in [2.24, 2.45) is 7.05 Å². The number of H-pyrrole nitrogens is 1. The van der Waals surface area contributed by atoms with Gasteiger partial charge in [0.25, 0.3) is 0 Å². The number of methoxy groups -OCH3 is 1. The first-order valence-corrected chi connectivity index (χ1v) is 14.4. The van der Waals surface area contributed by atoms with E-state index in [9.17, 15) is 4.79 Å². The Morgan fingerprint density at radius 3 is 2.40 bits per heavy atom. The maximum absolute atomic E-state index is 12.3. The zero-order chi connectivity index (χ0) is 30.2. The number of nitrogens with zero attached hydrogens (tertiary/aromatic N) is 5. The summed E-state index contributed by atoms with van der Waals surface area (Å²) in [5.41, 5.74) is 10.2. The lowest BCUT2D eigenvalue weighted by Crippen LogP contribution is -2.44. The number of aryl methyl sites for hydroxylation is 3. The van der Waals surface area contributed by atoms with Crippen LogP contribution in [-0.4, -0.2) is 70.9 Å². The summed E-state index contributed by atoms with van der Waals surface area (Å²) >= 11 is 0. The van der Waals surface area contributed by atoms with E-state index in [1.807, 2.05) is 45.4 Å². The molecule has 0 atom stereocenters. The van der Waals surface area contributed by atoms with E-state index < -0.39 is 0 Å². The highest BCUT2D eigenvalue weighted by Crippen LogP contribution is 2.46. The lowest BCUT2D eigenvalue weighted by molar-refractivity contribution is -0.111. The van der Waals surface area contributed by atoms with Gasteiger partial charge in [0.05, 0.1) is 23.9 Å². The molecule has 220 valence electrons. The normalized spacial score (nSPS) is 13.8. The minimum atomic E-state index is -0.257. The van der Waals surface area contributed by atoms with Gasteiger partial charge >= 0.3 is 0 Å². The average Bonchev–Trinajstić information content (AvgIpc) is 3.57. The maximum Gasteiger partial charge on any atom is 0.247 e. The quantitative estimate of drug-likeness (QED) is 0.239. The first-order chi connectivity index (χ1) is 20.8. The minimum Gasteiger partial charge on any atom is -0.495 e. The number of piperazine rings is 1. The number of fused-ring (bicyclic) bond motifs is 1. The molecule has 1 aliphatic rings. The van der Waals surface area contributed by atoms with Crippen LogP contribution in [0.4, 0.5) is 11.4 Å². The van der Waals surface area contributed by atoms with Gasteiger partial charge in [-0.1, -0.05) is 30.8 Å². The Hall–Kier alpha value is -4.89. The first kappa shape index (κ1) is 28.2. The van der Waals surface area contributed by atoms with Crippen molar-refractivity contribution in [3.8, 4) is 39.3 Å². The van der Waals surface area contributed by atoms with Crippen LogP contribution in [0.3, 0.4) is 0 Å². The highest BCUT2D eigenvalue weighted by atomic mass is 16.5. The molecule has 1 aliphatic heterocycles. The number of pyridine rings is 1. The van der Waals surface area contributed by atoms with Crippen LogP contribution in [0, 0.1) is 13.8 Å². The van der Waals surface area contributed by atoms with Crippen LogP contribution in [0.1, 0.15) is 11.3 Å². The summed E-state index contributed by atoms with van der Waals surface area (Å²) in [6.07, 6.45) is 5.11. The number of ether oxygens (including phenoxy) is 1. The molecule has 1 fully saturated rings. The van der Waals surface area contributed by atoms with E-state index in [-0.39, 0.29) is 5.91 Å². The van der Waals surface area contributed by atoms with E-state index >= 15 is 0 Å². The first-order valence-electron chi connectivity index (χ1n) is 14.4. The Labute approximate surface area is 251 Å². The molecule has 0 saturated carbocycles. The van der Waals surface area contributed by atoms with Crippen molar-refractivity contribution >= 4 is 28.3 Å². The van der Waals surface area contributed by atoms with Crippen molar-refractivity contribution in [2.75, 3.05) is 50.6 Å². The fraction of sp³-hybridized carbons (Fsp3) is 0.265. The van der Waals surface area contributed by atoms with Crippen LogP contribution < -0.4 is 15.0 Å². The van der Waals surface area contributed by atoms with Crippen molar-refractivity contribution in [3.63, 3.8) is 0 Å². The van der Waals surface area contributed by atoms with Crippen LogP contribution in [0.2, 0.25) is 0 Å². The molecule has 43 heavy (non-hydrogen) atoms. The summed E-state index contributed by atoms with van der Waals surface area (Å²) in [7, 11) is 5.77. The number of benzene rings is 2.